The highest BCUT2D eigenvalue weighted by atomic mass is 16.5. The molecule has 2 amide bonds. The van der Waals surface area contributed by atoms with Gasteiger partial charge in [0.2, 0.25) is 11.8 Å². The summed E-state index contributed by atoms with van der Waals surface area (Å²) in [6, 6.07) is 35.6. The number of aliphatic hydroxyl groups excluding tert-OH is 1. The zero-order chi connectivity index (χ0) is 39.1. The highest BCUT2D eigenvalue weighted by Gasteiger charge is 2.27. The van der Waals surface area contributed by atoms with Gasteiger partial charge in [-0.05, 0) is 66.5 Å². The van der Waals surface area contributed by atoms with Gasteiger partial charge in [-0.3, -0.25) is 14.4 Å². The lowest BCUT2D eigenvalue weighted by atomic mass is 9.95. The maximum absolute atomic E-state index is 13.7. The Balaban J connectivity index is 1.34. The van der Waals surface area contributed by atoms with Crippen molar-refractivity contribution < 1.29 is 33.7 Å². The summed E-state index contributed by atoms with van der Waals surface area (Å²) in [6.45, 7) is 8.06. The van der Waals surface area contributed by atoms with E-state index in [0.717, 1.165) is 22.3 Å². The van der Waals surface area contributed by atoms with Gasteiger partial charge in [0.1, 0.15) is 19.0 Å². The molecule has 9 heteroatoms. The summed E-state index contributed by atoms with van der Waals surface area (Å²) in [5.41, 5.74) is 3.97. The molecule has 290 valence electrons. The Bertz CT molecular complexity index is 1730. The molecule has 4 atom stereocenters. The van der Waals surface area contributed by atoms with Gasteiger partial charge in [-0.1, -0.05) is 115 Å². The largest absolute Gasteiger partial charge is 0.489 e. The van der Waals surface area contributed by atoms with Crippen molar-refractivity contribution in [3.8, 4) is 5.75 Å². The number of amides is 2. The molecule has 0 unspecified atom stereocenters. The molecular formula is C46H54N2O7. The lowest BCUT2D eigenvalue weighted by molar-refractivity contribution is -0.150. The Kier molecular flexibility index (Phi) is 18.4. The Morgan fingerprint density at radius 3 is 1.85 bits per heavy atom. The van der Waals surface area contributed by atoms with Crippen LogP contribution in [0.3, 0.4) is 0 Å². The van der Waals surface area contributed by atoms with E-state index in [-0.39, 0.29) is 50.5 Å². The standard InChI is InChI=1S/C46H54N2O7/c1-3-5-22-40(27-35-16-9-6-10-17-35)46(52)55-34-42(33-53-31-37-18-11-7-12-19-37)48-45(51)39(15-4-2)29-44(50)47-41(30-49)28-36-23-25-43(26-24-36)54-32-38-20-13-8-14-21-38/h3-4,6-14,16-21,23-26,39-42,49H,1-2,5,15,22,27-34H2,(H,47,50)(H,48,51)/t39-,40-,41+,42+/m1/s1. The second-order valence-electron chi connectivity index (χ2n) is 13.6. The molecule has 4 aromatic rings. The third-order valence-corrected chi connectivity index (χ3v) is 9.07. The molecule has 9 nitrogen and oxygen atoms in total. The van der Waals surface area contributed by atoms with E-state index in [0.29, 0.717) is 44.6 Å². The number of ether oxygens (including phenoxy) is 3. The quantitative estimate of drug-likeness (QED) is 0.0496. The van der Waals surface area contributed by atoms with Gasteiger partial charge in [0.15, 0.2) is 0 Å². The van der Waals surface area contributed by atoms with Crippen molar-refractivity contribution in [2.75, 3.05) is 19.8 Å². The third-order valence-electron chi connectivity index (χ3n) is 9.07. The number of hydrogen-bond acceptors (Lipinski definition) is 7. The average Bonchev–Trinajstić information content (AvgIpc) is 3.21. The SMILES string of the molecule is C=CCC[C@H](Cc1ccccc1)C(=O)OC[C@H](COCc1ccccc1)NC(=O)[C@H](CC=C)CC(=O)N[C@H](CO)Cc1ccc(OCc2ccccc2)cc1. The summed E-state index contributed by atoms with van der Waals surface area (Å²) in [6.07, 6.45) is 5.65. The van der Waals surface area contributed by atoms with Gasteiger partial charge < -0.3 is 30.0 Å². The summed E-state index contributed by atoms with van der Waals surface area (Å²) < 4.78 is 17.7. The second kappa shape index (κ2) is 24.0. The van der Waals surface area contributed by atoms with Crippen molar-refractivity contribution in [2.45, 2.75) is 63.8 Å². The molecule has 0 aromatic heterocycles. The molecule has 0 spiro atoms. The number of benzene rings is 4. The first-order valence-corrected chi connectivity index (χ1v) is 18.9. The van der Waals surface area contributed by atoms with Crippen LogP contribution in [0.25, 0.3) is 0 Å². The minimum atomic E-state index is -0.747. The molecule has 0 fully saturated rings. The van der Waals surface area contributed by atoms with E-state index in [1.165, 1.54) is 0 Å². The molecule has 0 aliphatic carbocycles. The molecule has 55 heavy (non-hydrogen) atoms. The van der Waals surface area contributed by atoms with Crippen LogP contribution in [-0.2, 0) is 49.9 Å². The van der Waals surface area contributed by atoms with E-state index in [1.807, 2.05) is 115 Å². The summed E-state index contributed by atoms with van der Waals surface area (Å²) in [4.78, 5) is 40.3. The van der Waals surface area contributed by atoms with Crippen LogP contribution in [0.4, 0.5) is 0 Å². The molecule has 0 saturated carbocycles. The molecule has 0 aliphatic rings. The van der Waals surface area contributed by atoms with Gasteiger partial charge in [0, 0.05) is 6.42 Å². The molecule has 0 saturated heterocycles. The van der Waals surface area contributed by atoms with Gasteiger partial charge in [0.25, 0.3) is 0 Å². The number of allylic oxidation sites excluding steroid dienone is 2. The summed E-state index contributed by atoms with van der Waals surface area (Å²) >= 11 is 0. The summed E-state index contributed by atoms with van der Waals surface area (Å²) in [5.74, 6) is -1.54. The first kappa shape index (κ1) is 42.2. The number of nitrogens with one attached hydrogen (secondary N) is 2. The van der Waals surface area contributed by atoms with Crippen LogP contribution in [0.15, 0.2) is 141 Å². The van der Waals surface area contributed by atoms with Crippen LogP contribution in [0.1, 0.15) is 47.9 Å². The lowest BCUT2D eigenvalue weighted by Gasteiger charge is -2.24. The monoisotopic (exact) mass is 746 g/mol. The Morgan fingerprint density at radius 1 is 0.655 bits per heavy atom. The van der Waals surface area contributed by atoms with Crippen LogP contribution >= 0.6 is 0 Å². The van der Waals surface area contributed by atoms with Gasteiger partial charge in [-0.25, -0.2) is 0 Å². The first-order chi connectivity index (χ1) is 26.9. The first-order valence-electron chi connectivity index (χ1n) is 18.9. The number of esters is 1. The Morgan fingerprint density at radius 2 is 1.25 bits per heavy atom. The van der Waals surface area contributed by atoms with Gasteiger partial charge in [-0.2, -0.15) is 0 Å². The van der Waals surface area contributed by atoms with Crippen molar-refractivity contribution in [3.63, 3.8) is 0 Å². The van der Waals surface area contributed by atoms with Crippen molar-refractivity contribution in [1.82, 2.24) is 10.6 Å². The fourth-order valence-corrected chi connectivity index (χ4v) is 6.07. The molecular weight excluding hydrogens is 693 g/mol. The molecule has 0 aliphatic heterocycles. The maximum atomic E-state index is 13.7. The van der Waals surface area contributed by atoms with Crippen LogP contribution in [-0.4, -0.2) is 54.8 Å². The van der Waals surface area contributed by atoms with E-state index < -0.39 is 23.9 Å². The number of hydrogen-bond donors (Lipinski definition) is 3. The Hall–Kier alpha value is -5.51. The van der Waals surface area contributed by atoms with Gasteiger partial charge in [0.05, 0.1) is 43.7 Å². The van der Waals surface area contributed by atoms with Crippen molar-refractivity contribution >= 4 is 17.8 Å². The number of carbonyl (C=O) groups is 3. The summed E-state index contributed by atoms with van der Waals surface area (Å²) in [7, 11) is 0. The molecule has 0 bridgehead atoms. The van der Waals surface area contributed by atoms with Gasteiger partial charge in [-0.15, -0.1) is 13.2 Å². The normalized spacial score (nSPS) is 13.0. The highest BCUT2D eigenvalue weighted by Crippen LogP contribution is 2.19. The third kappa shape index (κ3) is 15.8. The topological polar surface area (TPSA) is 123 Å². The van der Waals surface area contributed by atoms with Crippen LogP contribution in [0.5, 0.6) is 5.75 Å². The average molecular weight is 747 g/mol. The Labute approximate surface area is 325 Å². The van der Waals surface area contributed by atoms with E-state index >= 15 is 0 Å². The number of carbonyl (C=O) groups excluding carboxylic acids is 3. The molecule has 4 aromatic carbocycles. The predicted octanol–water partition coefficient (Wildman–Crippen LogP) is 6.94. The maximum Gasteiger partial charge on any atom is 0.309 e. The summed E-state index contributed by atoms with van der Waals surface area (Å²) in [5, 5.41) is 16.0. The zero-order valence-electron chi connectivity index (χ0n) is 31.5. The fourth-order valence-electron chi connectivity index (χ4n) is 6.07. The molecule has 0 radical (unpaired) electrons. The smallest absolute Gasteiger partial charge is 0.309 e. The van der Waals surface area contributed by atoms with E-state index in [4.69, 9.17) is 14.2 Å². The van der Waals surface area contributed by atoms with Crippen molar-refractivity contribution in [2.24, 2.45) is 11.8 Å². The number of rotatable bonds is 25. The van der Waals surface area contributed by atoms with E-state index in [2.05, 4.69) is 23.8 Å². The zero-order valence-corrected chi connectivity index (χ0v) is 31.5. The van der Waals surface area contributed by atoms with E-state index in [9.17, 15) is 19.5 Å². The molecule has 3 N–H and O–H groups in total. The lowest BCUT2D eigenvalue weighted by Crippen LogP contribution is -2.46. The molecule has 0 heterocycles. The van der Waals surface area contributed by atoms with Crippen LogP contribution in [0.2, 0.25) is 0 Å². The fraction of sp³-hybridized carbons (Fsp3) is 0.326. The highest BCUT2D eigenvalue weighted by molar-refractivity contribution is 5.86. The van der Waals surface area contributed by atoms with Crippen LogP contribution < -0.4 is 15.4 Å². The van der Waals surface area contributed by atoms with Crippen LogP contribution in [0, 0.1) is 11.8 Å². The minimum Gasteiger partial charge on any atom is -0.489 e. The van der Waals surface area contributed by atoms with Crippen molar-refractivity contribution in [1.29, 1.82) is 0 Å². The molecule has 4 rings (SSSR count). The number of aliphatic hydroxyl groups is 1. The predicted molar refractivity (Wildman–Crippen MR) is 215 cm³/mol. The van der Waals surface area contributed by atoms with E-state index in [1.54, 1.807) is 12.2 Å². The minimum absolute atomic E-state index is 0.0829. The van der Waals surface area contributed by atoms with Gasteiger partial charge >= 0.3 is 5.97 Å². The second-order valence-corrected chi connectivity index (χ2v) is 13.6. The van der Waals surface area contributed by atoms with Crippen molar-refractivity contribution in [3.05, 3.63) is 163 Å².